The zero-order valence-electron chi connectivity index (χ0n) is 18.7. The van der Waals surface area contributed by atoms with Crippen LogP contribution in [0, 0.1) is 0 Å². The average molecular weight is 425 g/mol. The van der Waals surface area contributed by atoms with Gasteiger partial charge in [-0.1, -0.05) is 0 Å². The predicted molar refractivity (Wildman–Crippen MR) is 129 cm³/mol. The van der Waals surface area contributed by atoms with Crippen molar-refractivity contribution in [1.29, 1.82) is 0 Å². The Labute approximate surface area is 181 Å². The first-order valence-corrected chi connectivity index (χ1v) is 12.1. The summed E-state index contributed by atoms with van der Waals surface area (Å²) in [6.07, 6.45) is 0. The summed E-state index contributed by atoms with van der Waals surface area (Å²) in [7, 11) is -4.16. The van der Waals surface area contributed by atoms with E-state index in [1.54, 1.807) is 12.1 Å². The first-order valence-electron chi connectivity index (χ1n) is 10.3. The van der Waals surface area contributed by atoms with Gasteiger partial charge in [-0.3, -0.25) is 0 Å². The third-order valence-electron chi connectivity index (χ3n) is 5.24. The predicted octanol–water partition coefficient (Wildman–Crippen LogP) is 6.13. The molecule has 0 saturated heterocycles. The van der Waals surface area contributed by atoms with E-state index in [9.17, 15) is 9.79 Å². The van der Waals surface area contributed by atoms with Crippen molar-refractivity contribution in [3.8, 4) is 16.9 Å². The number of hydrogen-bond acceptors (Lipinski definition) is 3. The molecule has 0 aliphatic rings. The van der Waals surface area contributed by atoms with Gasteiger partial charge in [0.15, 0.2) is 0 Å². The molecule has 3 aromatic carbocycles. The molecule has 0 aliphatic carbocycles. The van der Waals surface area contributed by atoms with Crippen LogP contribution in [0.15, 0.2) is 72.8 Å². The Morgan fingerprint density at radius 2 is 1.07 bits per heavy atom. The summed E-state index contributed by atoms with van der Waals surface area (Å²) < 4.78 is 6.10. The van der Waals surface area contributed by atoms with Crippen LogP contribution in [-0.2, 0) is 10.8 Å². The molecule has 0 aromatic heterocycles. The van der Waals surface area contributed by atoms with Crippen molar-refractivity contribution < 1.29 is 14.3 Å². The van der Waals surface area contributed by atoms with Gasteiger partial charge in [-0.15, -0.1) is 0 Å². The summed E-state index contributed by atoms with van der Waals surface area (Å²) in [6, 6.07) is 23.4. The molecule has 3 nitrogen and oxygen atoms in total. The number of rotatable bonds is 4. The second-order valence-electron chi connectivity index (χ2n) is 9.84. The van der Waals surface area contributed by atoms with E-state index in [0.717, 1.165) is 22.3 Å². The van der Waals surface area contributed by atoms with Crippen LogP contribution in [0.3, 0.4) is 0 Å². The van der Waals surface area contributed by atoms with Crippen molar-refractivity contribution in [2.45, 2.75) is 52.4 Å². The maximum atomic E-state index is 11.1. The van der Waals surface area contributed by atoms with E-state index >= 15 is 0 Å². The monoisotopic (exact) mass is 424 g/mol. The van der Waals surface area contributed by atoms with E-state index in [2.05, 4.69) is 41.5 Å². The second kappa shape index (κ2) is 8.15. The summed E-state index contributed by atoms with van der Waals surface area (Å²) in [4.78, 5) is 22.1. The molecule has 0 fully saturated rings. The molecule has 0 aliphatic heterocycles. The third-order valence-corrected chi connectivity index (χ3v) is 6.82. The van der Waals surface area contributed by atoms with Crippen molar-refractivity contribution in [3.05, 3.63) is 83.9 Å². The molecule has 0 atom stereocenters. The molecule has 0 saturated carbocycles. The van der Waals surface area contributed by atoms with Gasteiger partial charge in [0.2, 0.25) is 0 Å². The molecule has 3 rings (SSSR count). The van der Waals surface area contributed by atoms with Gasteiger partial charge in [0.05, 0.1) is 0 Å². The van der Waals surface area contributed by atoms with Crippen LogP contribution in [0.2, 0.25) is 0 Å². The normalized spacial score (nSPS) is 13.2. The Morgan fingerprint density at radius 1 is 0.600 bits per heavy atom. The Kier molecular flexibility index (Phi) is 6.11. The van der Waals surface area contributed by atoms with Gasteiger partial charge in [0.25, 0.3) is 0 Å². The molecule has 0 spiro atoms. The maximum absolute atomic E-state index is 11.1. The topological polar surface area (TPSA) is 49.7 Å². The molecular weight excluding hydrogens is 391 g/mol. The fourth-order valence-electron chi connectivity index (χ4n) is 3.54. The standard InChI is InChI=1S/C26H33O3P/c1-25(2,3)22-13-10-14-23(26(4,5)6)24(22)29-30(27,28)21-17-15-20(16-18-21)19-11-8-7-9-12-19/h7-18,27-28,30H,1-6H3. The molecule has 0 heterocycles. The van der Waals surface area contributed by atoms with Crippen LogP contribution in [0.1, 0.15) is 52.7 Å². The van der Waals surface area contributed by atoms with E-state index in [-0.39, 0.29) is 10.8 Å². The summed E-state index contributed by atoms with van der Waals surface area (Å²) in [5.41, 5.74) is 3.65. The van der Waals surface area contributed by atoms with Crippen molar-refractivity contribution in [2.24, 2.45) is 0 Å². The van der Waals surface area contributed by atoms with Gasteiger partial charge in [0.1, 0.15) is 0 Å². The van der Waals surface area contributed by atoms with Crippen molar-refractivity contribution >= 4 is 13.2 Å². The van der Waals surface area contributed by atoms with E-state index in [1.165, 1.54) is 0 Å². The molecular formula is C26H33O3P. The quantitative estimate of drug-likeness (QED) is 0.495. The van der Waals surface area contributed by atoms with Gasteiger partial charge < -0.3 is 0 Å². The summed E-state index contributed by atoms with van der Waals surface area (Å²) in [5.74, 6) is 0.585. The van der Waals surface area contributed by atoms with E-state index in [0.29, 0.717) is 11.1 Å². The van der Waals surface area contributed by atoms with Gasteiger partial charge in [0, 0.05) is 0 Å². The fraction of sp³-hybridized carbons (Fsp3) is 0.308. The van der Waals surface area contributed by atoms with Crippen molar-refractivity contribution in [3.63, 3.8) is 0 Å². The van der Waals surface area contributed by atoms with Crippen LogP contribution in [0.5, 0.6) is 5.75 Å². The first-order chi connectivity index (χ1) is 13.9. The summed E-state index contributed by atoms with van der Waals surface area (Å²) in [5, 5.41) is 0.422. The molecule has 0 amide bonds. The first kappa shape index (κ1) is 22.5. The van der Waals surface area contributed by atoms with Crippen LogP contribution in [-0.4, -0.2) is 9.79 Å². The average Bonchev–Trinajstić information content (AvgIpc) is 2.67. The number of benzene rings is 3. The van der Waals surface area contributed by atoms with Crippen LogP contribution < -0.4 is 9.83 Å². The molecule has 30 heavy (non-hydrogen) atoms. The van der Waals surface area contributed by atoms with Crippen LogP contribution in [0.4, 0.5) is 0 Å². The Hall–Kier alpha value is -2.19. The molecule has 0 radical (unpaired) electrons. The molecule has 0 bridgehead atoms. The van der Waals surface area contributed by atoms with Gasteiger partial charge in [-0.2, -0.15) is 0 Å². The van der Waals surface area contributed by atoms with E-state index in [1.807, 2.05) is 60.7 Å². The van der Waals surface area contributed by atoms with Crippen molar-refractivity contribution in [2.75, 3.05) is 0 Å². The Bertz CT molecular complexity index is 963. The molecule has 2 N–H and O–H groups in total. The Morgan fingerprint density at radius 3 is 1.53 bits per heavy atom. The van der Waals surface area contributed by atoms with Crippen LogP contribution >= 0.6 is 7.94 Å². The number of hydrogen-bond donors (Lipinski definition) is 2. The number of para-hydroxylation sites is 1. The summed E-state index contributed by atoms with van der Waals surface area (Å²) in [6.45, 7) is 12.6. The Balaban J connectivity index is 2.01. The SMILES string of the molecule is CC(C)(C)c1cccc(C(C)(C)C)c1O[PH](O)(O)c1ccc(-c2ccccc2)cc1. The van der Waals surface area contributed by atoms with Crippen molar-refractivity contribution in [1.82, 2.24) is 0 Å². The van der Waals surface area contributed by atoms with E-state index in [4.69, 9.17) is 4.52 Å². The zero-order valence-corrected chi connectivity index (χ0v) is 19.7. The molecule has 4 heteroatoms. The third kappa shape index (κ3) is 4.92. The molecule has 0 unspecified atom stereocenters. The summed E-state index contributed by atoms with van der Waals surface area (Å²) >= 11 is 0. The minimum atomic E-state index is -4.16. The van der Waals surface area contributed by atoms with Gasteiger partial charge >= 0.3 is 181 Å². The molecule has 3 aromatic rings. The molecule has 160 valence electrons. The fourth-order valence-corrected chi connectivity index (χ4v) is 4.76. The van der Waals surface area contributed by atoms with Gasteiger partial charge in [-0.25, -0.2) is 0 Å². The second-order valence-corrected chi connectivity index (χ2v) is 11.8. The zero-order chi connectivity index (χ0) is 22.2. The minimum absolute atomic E-state index is 0.196. The van der Waals surface area contributed by atoms with Gasteiger partial charge in [-0.05, 0) is 0 Å². The van der Waals surface area contributed by atoms with Crippen LogP contribution in [0.25, 0.3) is 11.1 Å². The van der Waals surface area contributed by atoms with E-state index < -0.39 is 7.94 Å².